The van der Waals surface area contributed by atoms with Crippen molar-refractivity contribution in [2.24, 2.45) is 0 Å². The SMILES string of the molecule is [2H]C([2H])([2H])NC(=O)c1ccccc1Nc1nc(Nc2ccc(-c3cnn(C4CCN(C)CC4)c3)c3c2OCC3)ncc1C(F)(F)F. The second-order valence-electron chi connectivity index (χ2n) is 10.5. The van der Waals surface area contributed by atoms with E-state index in [0.717, 1.165) is 42.6 Å². The number of hydrogen-bond acceptors (Lipinski definition) is 8. The van der Waals surface area contributed by atoms with Crippen LogP contribution in [0.5, 0.6) is 5.75 Å². The van der Waals surface area contributed by atoms with Crippen LogP contribution >= 0.6 is 0 Å². The second-order valence-corrected chi connectivity index (χ2v) is 10.5. The Morgan fingerprint density at radius 1 is 1.09 bits per heavy atom. The van der Waals surface area contributed by atoms with Crippen LogP contribution in [0, 0.1) is 0 Å². The summed E-state index contributed by atoms with van der Waals surface area (Å²) in [6, 6.07) is 9.58. The largest absolute Gasteiger partial charge is 0.491 e. The summed E-state index contributed by atoms with van der Waals surface area (Å²) >= 11 is 0. The minimum atomic E-state index is -4.83. The molecule has 0 spiro atoms. The van der Waals surface area contributed by atoms with Gasteiger partial charge in [-0.05, 0) is 56.7 Å². The molecule has 0 unspecified atom stereocenters. The number of rotatable bonds is 7. The molecule has 2 aliphatic rings. The van der Waals surface area contributed by atoms with Crippen LogP contribution in [-0.4, -0.2) is 64.3 Å². The van der Waals surface area contributed by atoms with Crippen LogP contribution in [0.3, 0.4) is 0 Å². The van der Waals surface area contributed by atoms with Gasteiger partial charge in [-0.1, -0.05) is 18.2 Å². The minimum Gasteiger partial charge on any atom is -0.491 e. The summed E-state index contributed by atoms with van der Waals surface area (Å²) < 4.78 is 71.9. The molecule has 2 aromatic carbocycles. The van der Waals surface area contributed by atoms with E-state index in [4.69, 9.17) is 8.85 Å². The Hall–Kier alpha value is -4.65. The van der Waals surface area contributed by atoms with Gasteiger partial charge in [0.15, 0.2) is 0 Å². The molecule has 10 nitrogen and oxygen atoms in total. The third kappa shape index (κ3) is 5.85. The fraction of sp³-hybridized carbons (Fsp3) is 0.333. The molecule has 6 rings (SSSR count). The lowest BCUT2D eigenvalue weighted by molar-refractivity contribution is -0.137. The molecule has 43 heavy (non-hydrogen) atoms. The van der Waals surface area contributed by atoms with E-state index in [1.807, 2.05) is 28.5 Å². The Kier molecular flexibility index (Phi) is 6.69. The van der Waals surface area contributed by atoms with E-state index in [0.29, 0.717) is 36.7 Å². The maximum absolute atomic E-state index is 14.0. The van der Waals surface area contributed by atoms with Crippen molar-refractivity contribution in [3.05, 3.63) is 71.7 Å². The summed E-state index contributed by atoms with van der Waals surface area (Å²) in [4.78, 5) is 22.9. The monoisotopic (exact) mass is 595 g/mol. The van der Waals surface area contributed by atoms with Crippen molar-refractivity contribution in [3.63, 3.8) is 0 Å². The van der Waals surface area contributed by atoms with Gasteiger partial charge in [0.1, 0.15) is 17.1 Å². The number of carbonyl (C=O) groups excluding carboxylic acids is 1. The molecular weight excluding hydrogens is 561 g/mol. The summed E-state index contributed by atoms with van der Waals surface area (Å²) in [5.74, 6) is -1.22. The number of carbonyl (C=O) groups is 1. The van der Waals surface area contributed by atoms with Gasteiger partial charge in [-0.25, -0.2) is 4.98 Å². The molecule has 13 heteroatoms. The van der Waals surface area contributed by atoms with Crippen LogP contribution < -0.4 is 20.7 Å². The zero-order valence-corrected chi connectivity index (χ0v) is 23.2. The first-order valence-corrected chi connectivity index (χ1v) is 13.8. The first-order valence-electron chi connectivity index (χ1n) is 15.3. The zero-order chi connectivity index (χ0) is 32.6. The fourth-order valence-electron chi connectivity index (χ4n) is 5.45. The highest BCUT2D eigenvalue weighted by Crippen LogP contribution is 2.42. The normalized spacial score (nSPS) is 16.9. The average molecular weight is 596 g/mol. The molecule has 1 saturated heterocycles. The first-order chi connectivity index (χ1) is 21.9. The summed E-state index contributed by atoms with van der Waals surface area (Å²) in [6.45, 7) is -0.337. The number of anilines is 4. The molecule has 0 bridgehead atoms. The Bertz CT molecular complexity index is 1750. The van der Waals surface area contributed by atoms with Gasteiger partial charge in [0, 0.05) is 41.0 Å². The Labute approximate surface area is 250 Å². The predicted molar refractivity (Wildman–Crippen MR) is 156 cm³/mol. The number of benzene rings is 2. The number of aromatic nitrogens is 4. The molecule has 1 amide bonds. The van der Waals surface area contributed by atoms with E-state index in [1.165, 1.54) is 24.3 Å². The highest BCUT2D eigenvalue weighted by Gasteiger charge is 2.36. The van der Waals surface area contributed by atoms with Crippen LogP contribution in [0.25, 0.3) is 11.1 Å². The number of alkyl halides is 3. The number of halogens is 3. The smallest absolute Gasteiger partial charge is 0.421 e. The van der Waals surface area contributed by atoms with Crippen LogP contribution in [0.15, 0.2) is 55.0 Å². The number of para-hydroxylation sites is 1. The van der Waals surface area contributed by atoms with Gasteiger partial charge in [0.2, 0.25) is 5.95 Å². The number of fused-ring (bicyclic) bond motifs is 1. The van der Waals surface area contributed by atoms with Gasteiger partial charge in [-0.2, -0.15) is 23.3 Å². The summed E-state index contributed by atoms with van der Waals surface area (Å²) in [7, 11) is 2.11. The minimum absolute atomic E-state index is 0.0752. The van der Waals surface area contributed by atoms with Crippen molar-refractivity contribution in [1.82, 2.24) is 30.0 Å². The molecule has 4 aromatic rings. The lowest BCUT2D eigenvalue weighted by Crippen LogP contribution is -2.31. The summed E-state index contributed by atoms with van der Waals surface area (Å²) in [5.41, 5.74) is 1.89. The molecular formula is C30H31F3N8O2. The Balaban J connectivity index is 1.28. The molecule has 1 fully saturated rings. The number of likely N-dealkylation sites (tertiary alicyclic amines) is 1. The molecule has 0 saturated carbocycles. The number of piperidine rings is 1. The van der Waals surface area contributed by atoms with E-state index in [9.17, 15) is 18.0 Å². The van der Waals surface area contributed by atoms with Crippen molar-refractivity contribution in [1.29, 1.82) is 0 Å². The van der Waals surface area contributed by atoms with Crippen LogP contribution in [0.2, 0.25) is 0 Å². The van der Waals surface area contributed by atoms with Gasteiger partial charge in [0.05, 0.1) is 35.8 Å². The van der Waals surface area contributed by atoms with Crippen molar-refractivity contribution < 1.29 is 26.8 Å². The van der Waals surface area contributed by atoms with E-state index < -0.39 is 30.4 Å². The maximum atomic E-state index is 14.0. The van der Waals surface area contributed by atoms with Crippen molar-refractivity contribution >= 4 is 29.0 Å². The predicted octanol–water partition coefficient (Wildman–Crippen LogP) is 5.41. The molecule has 2 aliphatic heterocycles. The summed E-state index contributed by atoms with van der Waals surface area (Å²) in [6.07, 6.45) is 2.36. The molecule has 4 heterocycles. The van der Waals surface area contributed by atoms with Crippen LogP contribution in [-0.2, 0) is 12.6 Å². The molecule has 224 valence electrons. The standard InChI is InChI=1S/C30H31F3N8O2/c1-34-28(42)22-5-3-4-6-24(22)37-27-23(30(31,32)33)16-35-29(39-27)38-25-8-7-20(21-11-14-43-26(21)25)18-15-36-41(17-18)19-9-12-40(2)13-10-19/h3-8,15-17,19H,9-14H2,1-2H3,(H,34,42)(H2,35,37,38,39)/i1D3. The average Bonchev–Trinajstić information content (AvgIpc) is 3.68. The highest BCUT2D eigenvalue weighted by molar-refractivity contribution is 6.00. The van der Waals surface area contributed by atoms with Crippen molar-refractivity contribution in [2.75, 3.05) is 44.4 Å². The van der Waals surface area contributed by atoms with Gasteiger partial charge in [0.25, 0.3) is 5.91 Å². The zero-order valence-electron chi connectivity index (χ0n) is 26.2. The molecule has 0 atom stereocenters. The molecule has 3 N–H and O–H groups in total. The lowest BCUT2D eigenvalue weighted by Gasteiger charge is -2.28. The second kappa shape index (κ2) is 11.6. The molecule has 2 aromatic heterocycles. The van der Waals surface area contributed by atoms with Crippen molar-refractivity contribution in [3.8, 4) is 16.9 Å². The third-order valence-electron chi connectivity index (χ3n) is 7.71. The topological polar surface area (TPSA) is 109 Å². The molecule has 0 aliphatic carbocycles. The van der Waals surface area contributed by atoms with Gasteiger partial charge >= 0.3 is 6.18 Å². The highest BCUT2D eigenvalue weighted by atomic mass is 19.4. The van der Waals surface area contributed by atoms with Gasteiger partial charge in [-0.3, -0.25) is 9.48 Å². The first kappa shape index (κ1) is 24.9. The fourth-order valence-corrected chi connectivity index (χ4v) is 5.45. The van der Waals surface area contributed by atoms with E-state index in [2.05, 4.69) is 37.6 Å². The van der Waals surface area contributed by atoms with E-state index in [-0.39, 0.29) is 17.2 Å². The number of hydrogen-bond donors (Lipinski definition) is 3. The van der Waals surface area contributed by atoms with Gasteiger partial charge < -0.3 is 25.6 Å². The quantitative estimate of drug-likeness (QED) is 0.260. The van der Waals surface area contributed by atoms with Crippen LogP contribution in [0.4, 0.5) is 36.3 Å². The van der Waals surface area contributed by atoms with Crippen LogP contribution in [0.1, 0.15) is 44.5 Å². The Morgan fingerprint density at radius 3 is 2.70 bits per heavy atom. The van der Waals surface area contributed by atoms with Gasteiger partial charge in [-0.15, -0.1) is 0 Å². The van der Waals surface area contributed by atoms with E-state index in [1.54, 1.807) is 6.07 Å². The molecule has 0 radical (unpaired) electrons. The Morgan fingerprint density at radius 2 is 1.91 bits per heavy atom. The number of ether oxygens (including phenoxy) is 1. The van der Waals surface area contributed by atoms with E-state index >= 15 is 0 Å². The number of amides is 1. The summed E-state index contributed by atoms with van der Waals surface area (Å²) in [5, 5.41) is 12.0. The lowest BCUT2D eigenvalue weighted by atomic mass is 9.99. The number of nitrogens with zero attached hydrogens (tertiary/aromatic N) is 5. The maximum Gasteiger partial charge on any atom is 0.421 e. The number of nitrogens with one attached hydrogen (secondary N) is 3. The third-order valence-corrected chi connectivity index (χ3v) is 7.71. The van der Waals surface area contributed by atoms with Crippen molar-refractivity contribution in [2.45, 2.75) is 31.5 Å².